The number of carbonyl (C=O) groups is 1. The fourth-order valence-corrected chi connectivity index (χ4v) is 1.29. The largest absolute Gasteiger partial charge is 0.409 e. The molecular weight excluding hydrogens is 208 g/mol. The molecule has 83 valence electrons. The Morgan fingerprint density at radius 3 is 2.56 bits per heavy atom. The molecule has 1 atom stereocenters. The first kappa shape index (κ1) is 11.9. The van der Waals surface area contributed by atoms with Gasteiger partial charge in [0.15, 0.2) is 5.84 Å². The van der Waals surface area contributed by atoms with Crippen molar-refractivity contribution in [3.8, 4) is 0 Å². The van der Waals surface area contributed by atoms with Crippen LogP contribution < -0.4 is 5.73 Å². The minimum atomic E-state index is -0.557. The van der Waals surface area contributed by atoms with E-state index in [0.717, 1.165) is 0 Å². The Kier molecular flexibility index (Phi) is 4.20. The molecule has 1 unspecified atom stereocenters. The Labute approximate surface area is 92.6 Å². The predicted octanol–water partition coefficient (Wildman–Crippen LogP) is 0.563. The van der Waals surface area contributed by atoms with Gasteiger partial charge in [0.2, 0.25) is 6.29 Å². The number of carbonyl (C=O) groups excluding carboxylic acids is 2. The maximum absolute atomic E-state index is 10.6. The van der Waals surface area contributed by atoms with E-state index in [4.69, 9.17) is 10.9 Å². The van der Waals surface area contributed by atoms with Crippen LogP contribution in [-0.4, -0.2) is 23.6 Å². The third-order valence-electron chi connectivity index (χ3n) is 2.19. The van der Waals surface area contributed by atoms with E-state index in [1.165, 1.54) is 0 Å². The van der Waals surface area contributed by atoms with Crippen LogP contribution in [-0.2, 0) is 9.59 Å². The molecule has 0 aliphatic heterocycles. The average Bonchev–Trinajstić information content (AvgIpc) is 2.35. The number of hydrogen-bond acceptors (Lipinski definition) is 4. The number of nitrogens with two attached hydrogens (primary N) is 1. The number of nitrogens with zero attached hydrogens (tertiary/aromatic N) is 1. The van der Waals surface area contributed by atoms with Crippen LogP contribution in [0.2, 0.25) is 0 Å². The Morgan fingerprint density at radius 1 is 1.50 bits per heavy atom. The van der Waals surface area contributed by atoms with Gasteiger partial charge in [0, 0.05) is 12.0 Å². The van der Waals surface area contributed by atoms with Gasteiger partial charge in [0.1, 0.15) is 6.29 Å². The summed E-state index contributed by atoms with van der Waals surface area (Å²) in [5, 5.41) is 11.3. The molecule has 5 heteroatoms. The number of hydrogen-bond donors (Lipinski definition) is 2. The molecule has 1 aromatic rings. The first-order valence-electron chi connectivity index (χ1n) is 4.62. The van der Waals surface area contributed by atoms with Crippen molar-refractivity contribution < 1.29 is 14.8 Å². The van der Waals surface area contributed by atoms with Crippen LogP contribution in [0.5, 0.6) is 0 Å². The molecule has 1 aromatic carbocycles. The summed E-state index contributed by atoms with van der Waals surface area (Å²) in [5.74, 6) is -0.563. The molecule has 0 fully saturated rings. The molecule has 5 nitrogen and oxygen atoms in total. The fourth-order valence-electron chi connectivity index (χ4n) is 1.29. The van der Waals surface area contributed by atoms with E-state index in [0.29, 0.717) is 17.4 Å². The zero-order chi connectivity index (χ0) is 12.0. The van der Waals surface area contributed by atoms with Crippen molar-refractivity contribution in [1.82, 2.24) is 0 Å². The minimum absolute atomic E-state index is 0.00595. The average molecular weight is 219 g/mol. The number of aldehydes is 1. The molecule has 16 heavy (non-hydrogen) atoms. The Morgan fingerprint density at radius 2 is 2.12 bits per heavy atom. The van der Waals surface area contributed by atoms with Gasteiger partial charge in [-0.3, -0.25) is 4.79 Å². The predicted molar refractivity (Wildman–Crippen MR) is 58.1 cm³/mol. The van der Waals surface area contributed by atoms with Gasteiger partial charge in [0.05, 0.1) is 5.92 Å². The van der Waals surface area contributed by atoms with E-state index in [1.807, 2.05) is 0 Å². The molecule has 0 saturated carbocycles. The highest BCUT2D eigenvalue weighted by molar-refractivity contribution is 5.97. The second kappa shape index (κ2) is 5.65. The van der Waals surface area contributed by atoms with E-state index in [2.05, 4.69) is 5.16 Å². The van der Waals surface area contributed by atoms with Crippen molar-refractivity contribution in [2.45, 2.75) is 12.3 Å². The van der Waals surface area contributed by atoms with Crippen LogP contribution in [0, 0.1) is 0 Å². The van der Waals surface area contributed by atoms with Gasteiger partial charge in [-0.1, -0.05) is 29.4 Å². The first-order valence-corrected chi connectivity index (χ1v) is 4.62. The minimum Gasteiger partial charge on any atom is -0.409 e. The van der Waals surface area contributed by atoms with Gasteiger partial charge in [-0.05, 0) is 5.56 Å². The van der Waals surface area contributed by atoms with Gasteiger partial charge in [-0.15, -0.1) is 0 Å². The lowest BCUT2D eigenvalue weighted by molar-refractivity contribution is -0.107. The molecule has 0 saturated heterocycles. The van der Waals surface area contributed by atoms with Crippen molar-refractivity contribution in [3.05, 3.63) is 35.4 Å². The van der Waals surface area contributed by atoms with E-state index in [-0.39, 0.29) is 12.3 Å². The lowest BCUT2D eigenvalue weighted by atomic mass is 9.97. The number of oxime groups is 1. The van der Waals surface area contributed by atoms with Gasteiger partial charge in [-0.2, -0.15) is 0 Å². The molecule has 1 rings (SSSR count). The smallest absolute Gasteiger partial charge is 0.206 e. The lowest BCUT2D eigenvalue weighted by Gasteiger charge is -2.06. The van der Waals surface area contributed by atoms with Crippen LogP contribution in [0.25, 0.3) is 0 Å². The SMILES string of the molecule is NC(=NO)c1ccc(C([C]=O)CC=O)cc1. The number of rotatable bonds is 5. The Balaban J connectivity index is 2.93. The normalized spacial score (nSPS) is 13.1. The fraction of sp³-hybridized carbons (Fsp3) is 0.182. The van der Waals surface area contributed by atoms with Gasteiger partial charge in [-0.25, -0.2) is 0 Å². The molecule has 1 radical (unpaired) electrons. The summed E-state index contributed by atoms with van der Waals surface area (Å²) in [6.07, 6.45) is 2.57. The summed E-state index contributed by atoms with van der Waals surface area (Å²) in [7, 11) is 0. The Bertz CT molecular complexity index is 398. The molecule has 0 aliphatic carbocycles. The lowest BCUT2D eigenvalue weighted by Crippen LogP contribution is -2.13. The van der Waals surface area contributed by atoms with Crippen LogP contribution in [0.4, 0.5) is 0 Å². The second-order valence-corrected chi connectivity index (χ2v) is 3.18. The highest BCUT2D eigenvalue weighted by atomic mass is 16.4. The molecule has 0 bridgehead atoms. The molecule has 0 spiro atoms. The molecular formula is C11H11N2O3. The monoisotopic (exact) mass is 219 g/mol. The van der Waals surface area contributed by atoms with Crippen LogP contribution in [0.3, 0.4) is 0 Å². The van der Waals surface area contributed by atoms with E-state index in [9.17, 15) is 9.59 Å². The third kappa shape index (κ3) is 2.66. The highest BCUT2D eigenvalue weighted by Gasteiger charge is 2.11. The van der Waals surface area contributed by atoms with E-state index >= 15 is 0 Å². The standard InChI is InChI=1S/C11H11N2O3/c12-11(13-16)9-3-1-8(2-4-9)10(7-15)5-6-14/h1-4,6,10,16H,5H2,(H2,12,13). The van der Waals surface area contributed by atoms with Crippen LogP contribution >= 0.6 is 0 Å². The van der Waals surface area contributed by atoms with Gasteiger partial charge < -0.3 is 15.7 Å². The zero-order valence-corrected chi connectivity index (χ0v) is 8.46. The number of amidine groups is 1. The maximum atomic E-state index is 10.6. The number of benzene rings is 1. The van der Waals surface area contributed by atoms with E-state index in [1.54, 1.807) is 30.6 Å². The van der Waals surface area contributed by atoms with Gasteiger partial charge in [0.25, 0.3) is 0 Å². The molecule has 3 N–H and O–H groups in total. The van der Waals surface area contributed by atoms with Gasteiger partial charge >= 0.3 is 0 Å². The summed E-state index contributed by atoms with van der Waals surface area (Å²) < 4.78 is 0. The second-order valence-electron chi connectivity index (χ2n) is 3.18. The topological polar surface area (TPSA) is 92.8 Å². The zero-order valence-electron chi connectivity index (χ0n) is 8.46. The molecule has 0 amide bonds. The first-order chi connectivity index (χ1) is 7.72. The van der Waals surface area contributed by atoms with Crippen molar-refractivity contribution in [3.63, 3.8) is 0 Å². The highest BCUT2D eigenvalue weighted by Crippen LogP contribution is 2.16. The molecule has 0 heterocycles. The van der Waals surface area contributed by atoms with Crippen molar-refractivity contribution in [2.24, 2.45) is 10.9 Å². The summed E-state index contributed by atoms with van der Waals surface area (Å²) in [5.41, 5.74) is 6.60. The Hall–Kier alpha value is -2.17. The quantitative estimate of drug-likeness (QED) is 0.249. The van der Waals surface area contributed by atoms with Crippen molar-refractivity contribution >= 4 is 18.4 Å². The summed E-state index contributed by atoms with van der Waals surface area (Å²) in [6, 6.07) is 6.51. The third-order valence-corrected chi connectivity index (χ3v) is 2.19. The van der Waals surface area contributed by atoms with Crippen LogP contribution in [0.1, 0.15) is 23.5 Å². The van der Waals surface area contributed by atoms with Crippen LogP contribution in [0.15, 0.2) is 29.4 Å². The summed E-state index contributed by atoms with van der Waals surface area (Å²) >= 11 is 0. The molecule has 0 aliphatic rings. The maximum Gasteiger partial charge on any atom is 0.206 e. The van der Waals surface area contributed by atoms with E-state index < -0.39 is 5.92 Å². The summed E-state index contributed by atoms with van der Waals surface area (Å²) in [4.78, 5) is 20.9. The van der Waals surface area contributed by atoms with Crippen molar-refractivity contribution in [2.75, 3.05) is 0 Å². The van der Waals surface area contributed by atoms with Crippen molar-refractivity contribution in [1.29, 1.82) is 0 Å². The summed E-state index contributed by atoms with van der Waals surface area (Å²) in [6.45, 7) is 0. The molecule has 0 aromatic heterocycles.